The number of ketones is 2. The minimum absolute atomic E-state index is 0.00987. The Morgan fingerprint density at radius 1 is 0.625 bits per heavy atom. The summed E-state index contributed by atoms with van der Waals surface area (Å²) in [4.78, 5) is 36.0. The van der Waals surface area contributed by atoms with Gasteiger partial charge in [0.05, 0.1) is 67.6 Å². The van der Waals surface area contributed by atoms with Crippen LogP contribution in [0.25, 0.3) is 0 Å². The zero-order valence-corrected chi connectivity index (χ0v) is 65.5. The highest BCUT2D eigenvalue weighted by molar-refractivity contribution is 6.76. The van der Waals surface area contributed by atoms with E-state index in [4.69, 9.17) is 55.5 Å². The number of aliphatic imine (C=N–C) groups is 1. The molecule has 0 radical (unpaired) electrons. The molecule has 1 spiro atoms. The maximum atomic E-state index is 15.4. The van der Waals surface area contributed by atoms with Gasteiger partial charge in [0.25, 0.3) is 0 Å². The molecule has 14 nitrogen and oxygen atoms in total. The van der Waals surface area contributed by atoms with Gasteiger partial charge in [-0.2, -0.15) is 0 Å². The molecule has 88 heavy (non-hydrogen) atoms. The van der Waals surface area contributed by atoms with Crippen LogP contribution in [0.3, 0.4) is 0 Å². The van der Waals surface area contributed by atoms with Gasteiger partial charge >= 0.3 is 0 Å². The highest BCUT2D eigenvalue weighted by Crippen LogP contribution is 2.54. The molecule has 0 aromatic heterocycles. The van der Waals surface area contributed by atoms with Gasteiger partial charge in [0.1, 0.15) is 30.2 Å². The summed E-state index contributed by atoms with van der Waals surface area (Å²) in [5, 5.41) is -0.685. The second kappa shape index (κ2) is 27.0. The van der Waals surface area contributed by atoms with Crippen LogP contribution in [-0.4, -0.2) is 164 Å². The normalized spacial score (nSPS) is 35.6. The second-order valence-electron chi connectivity index (χ2n) is 35.7. The van der Waals surface area contributed by atoms with Crippen molar-refractivity contribution in [1.29, 1.82) is 0 Å². The molecule has 17 atom stereocenters. The van der Waals surface area contributed by atoms with Gasteiger partial charge in [0.2, 0.25) is 5.72 Å². The fourth-order valence-corrected chi connectivity index (χ4v) is 19.2. The van der Waals surface area contributed by atoms with E-state index in [-0.39, 0.29) is 92.0 Å². The Bertz CT molecular complexity index is 2500. The summed E-state index contributed by atoms with van der Waals surface area (Å²) in [5.41, 5.74) is 0.469. The number of allylic oxidation sites excluding steroid dienone is 1. The van der Waals surface area contributed by atoms with Crippen LogP contribution in [0.2, 0.25) is 90.7 Å². The molecule has 0 aromatic carbocycles. The van der Waals surface area contributed by atoms with Crippen LogP contribution < -0.4 is 0 Å². The summed E-state index contributed by atoms with van der Waals surface area (Å²) in [6, 6.07) is 0. The quantitative estimate of drug-likeness (QED) is 0.120. The van der Waals surface area contributed by atoms with Crippen molar-refractivity contribution in [2.24, 2.45) is 16.8 Å². The summed E-state index contributed by atoms with van der Waals surface area (Å²) < 4.78 is 82.5. The standard InChI is InChI=1S/C69H127NO13Si5/c1-44-37-48-31-29-46(71)30-34-54(81-86(23,24)66(9,10)11)61-62(82-87(25,26)67(12,13)14)63(83-88(27,28)68(15,16)17)69-58(78-61)36-33-50(79-69)39-47(72)40-52-55(42-56-59(70-69)45(2)38-49(76-56)32-35-53(44)75-48)77-57(60(52)73-18)41-51(80-85(21,22)65(6,7)8)43-74-84(19,20)64(3,4)5/h30,34,45,48-58,60-63H,1,29,31-33,35-43H2,2-28H3/b34-30+,70-59?/t45-,48?,49?,50?,51?,52?,53?,54?,55+,56-,57?,58+,60-,61?,62?,63?,69+/m1/s1. The van der Waals surface area contributed by atoms with Gasteiger partial charge in [-0.3, -0.25) is 14.6 Å². The number of hydrogen-bond donors (Lipinski definition) is 0. The number of nitrogens with zero attached hydrogens (tertiary/aromatic N) is 1. The number of carbonyl (C=O) groups is 2. The molecule has 11 unspecified atom stereocenters. The zero-order chi connectivity index (χ0) is 66.1. The predicted molar refractivity (Wildman–Crippen MR) is 368 cm³/mol. The van der Waals surface area contributed by atoms with E-state index in [9.17, 15) is 4.79 Å². The SMILES string of the molecule is C=C1CC2CCC(=O)/C=C/C(O[Si](C)(C)C(C)(C)C)C3O[C@H]4CCC5CC(=O)CC6[C@@H](OC)C(CC(CO[Si](C)(C)C(C)(C)C)O[Si](C)(C)C(C)(C)C)O[C@H]6C[C@H]6OC(CCC1O2)C[C@@H](C)C6=N[C@@]4(O5)C(O[Si](C)(C)C(C)(C)C)C3O[Si](C)(C)C(C)(C)C. The van der Waals surface area contributed by atoms with Crippen LogP contribution >= 0.6 is 0 Å². The van der Waals surface area contributed by atoms with Crippen molar-refractivity contribution >= 4 is 58.9 Å². The summed E-state index contributed by atoms with van der Waals surface area (Å²) in [6.07, 6.45) is 3.49. The Morgan fingerprint density at radius 3 is 1.78 bits per heavy atom. The molecule has 19 heteroatoms. The highest BCUT2D eigenvalue weighted by Gasteiger charge is 2.66. The van der Waals surface area contributed by atoms with Crippen LogP contribution in [0.1, 0.15) is 188 Å². The Labute approximate surface area is 540 Å². The zero-order valence-electron chi connectivity index (χ0n) is 60.5. The van der Waals surface area contributed by atoms with Gasteiger partial charge < -0.3 is 50.6 Å². The van der Waals surface area contributed by atoms with Crippen molar-refractivity contribution in [2.45, 2.75) is 370 Å². The molecule has 10 heterocycles. The van der Waals surface area contributed by atoms with E-state index >= 15 is 4.79 Å². The van der Waals surface area contributed by atoms with Crippen molar-refractivity contribution in [3.05, 3.63) is 24.3 Å². The third kappa shape index (κ3) is 16.7. The molecule has 8 bridgehead atoms. The first-order chi connectivity index (χ1) is 40.0. The fraction of sp³-hybridized carbons (Fsp3) is 0.899. The van der Waals surface area contributed by atoms with Crippen LogP contribution in [0.5, 0.6) is 0 Å². The van der Waals surface area contributed by atoms with E-state index in [1.807, 2.05) is 6.08 Å². The smallest absolute Gasteiger partial charge is 0.212 e. The molecule has 0 saturated carbocycles. The van der Waals surface area contributed by atoms with E-state index in [1.54, 1.807) is 13.2 Å². The van der Waals surface area contributed by atoms with Crippen molar-refractivity contribution in [1.82, 2.24) is 0 Å². The molecule has 10 aliphatic rings. The first kappa shape index (κ1) is 74.5. The molecule has 10 aliphatic heterocycles. The summed E-state index contributed by atoms with van der Waals surface area (Å²) in [5.74, 6) is -0.232. The van der Waals surface area contributed by atoms with Gasteiger partial charge in [-0.1, -0.05) is 123 Å². The second-order valence-corrected chi connectivity index (χ2v) is 59.5. The minimum Gasteiger partial charge on any atom is -0.414 e. The van der Waals surface area contributed by atoms with Crippen molar-refractivity contribution in [2.75, 3.05) is 13.7 Å². The molecule has 5 saturated heterocycles. The predicted octanol–water partition coefficient (Wildman–Crippen LogP) is 16.4. The maximum Gasteiger partial charge on any atom is 0.212 e. The molecule has 0 aliphatic carbocycles. The minimum atomic E-state index is -2.80. The lowest BCUT2D eigenvalue weighted by atomic mass is 9.79. The third-order valence-corrected chi connectivity index (χ3v) is 46.2. The Balaban J connectivity index is 1.46. The van der Waals surface area contributed by atoms with Gasteiger partial charge in [-0.25, -0.2) is 0 Å². The van der Waals surface area contributed by atoms with Gasteiger partial charge in [0.15, 0.2) is 47.4 Å². The molecular formula is C69H127NO13Si5. The highest BCUT2D eigenvalue weighted by atomic mass is 28.4. The average molecular weight is 1320 g/mol. The van der Waals surface area contributed by atoms with Crippen LogP contribution in [-0.2, 0) is 60.1 Å². The van der Waals surface area contributed by atoms with Crippen molar-refractivity contribution < 1.29 is 60.1 Å². The number of rotatable bonds is 14. The number of hydrogen-bond acceptors (Lipinski definition) is 14. The van der Waals surface area contributed by atoms with Crippen LogP contribution in [0.15, 0.2) is 29.3 Å². The van der Waals surface area contributed by atoms with Crippen molar-refractivity contribution in [3.63, 3.8) is 0 Å². The number of ether oxygens (including phenoxy) is 6. The maximum absolute atomic E-state index is 15.4. The van der Waals surface area contributed by atoms with E-state index < -0.39 is 102 Å². The first-order valence-corrected chi connectivity index (χ1v) is 48.7. The number of fused-ring (bicyclic) bond motifs is 2. The molecule has 506 valence electrons. The molecule has 0 amide bonds. The number of carbonyl (C=O) groups excluding carboxylic acids is 2. The van der Waals surface area contributed by atoms with E-state index in [2.05, 4.69) is 183 Å². The monoisotopic (exact) mass is 1320 g/mol. The Kier molecular flexibility index (Phi) is 22.8. The van der Waals surface area contributed by atoms with Gasteiger partial charge in [-0.15, -0.1) is 0 Å². The molecule has 10 rings (SSSR count). The van der Waals surface area contributed by atoms with E-state index in [0.717, 1.165) is 30.5 Å². The van der Waals surface area contributed by atoms with Gasteiger partial charge in [-0.05, 0) is 153 Å². The van der Waals surface area contributed by atoms with Gasteiger partial charge in [0, 0.05) is 50.8 Å². The molecule has 0 aromatic rings. The van der Waals surface area contributed by atoms with Crippen LogP contribution in [0, 0.1) is 11.8 Å². The first-order valence-electron chi connectivity index (χ1n) is 34.2. The summed E-state index contributed by atoms with van der Waals surface area (Å²) in [7, 11) is -10.9. The Morgan fingerprint density at radius 2 is 1.19 bits per heavy atom. The summed E-state index contributed by atoms with van der Waals surface area (Å²) >= 11 is 0. The average Bonchev–Trinajstić information content (AvgIpc) is 0.831. The third-order valence-electron chi connectivity index (χ3n) is 23.7. The number of methoxy groups -OCH3 is 1. The number of Topliss-reactive ketones (excluding diaryl/α,β-unsaturated/α-hetero) is 1. The molecule has 0 N–H and O–H groups in total. The lowest BCUT2D eigenvalue weighted by molar-refractivity contribution is -0.312. The molecule has 5 fully saturated rings. The van der Waals surface area contributed by atoms with E-state index in [0.29, 0.717) is 51.6 Å². The topological polar surface area (TPSA) is 148 Å². The molecular weight excluding hydrogens is 1190 g/mol. The lowest BCUT2D eigenvalue weighted by Crippen LogP contribution is -2.74. The lowest BCUT2D eigenvalue weighted by Gasteiger charge is -2.60. The Hall–Kier alpha value is -0.866. The van der Waals surface area contributed by atoms with E-state index in [1.165, 1.54) is 0 Å². The van der Waals surface area contributed by atoms with Crippen molar-refractivity contribution in [3.8, 4) is 0 Å². The van der Waals surface area contributed by atoms with Crippen LogP contribution in [0.4, 0.5) is 0 Å². The summed E-state index contributed by atoms with van der Waals surface area (Å²) in [6.45, 7) is 64.3. The fourth-order valence-electron chi connectivity index (χ4n) is 13.0. The largest absolute Gasteiger partial charge is 0.414 e.